The number of Topliss-reactive ketones (excluding diaryl/α,β-unsaturated/α-hetero) is 2. The first kappa shape index (κ1) is 31.1. The molecule has 3 aromatic rings. The van der Waals surface area contributed by atoms with Crippen molar-refractivity contribution in [2.75, 3.05) is 40.9 Å². The van der Waals surface area contributed by atoms with Crippen molar-refractivity contribution in [1.82, 2.24) is 9.13 Å². The van der Waals surface area contributed by atoms with Gasteiger partial charge in [-0.1, -0.05) is 24.6 Å². The Morgan fingerprint density at radius 2 is 1.52 bits per heavy atom. The monoisotopic (exact) mass is 653 g/mol. The lowest BCUT2D eigenvalue weighted by Gasteiger charge is -2.42. The molecule has 0 bridgehead atoms. The number of hydrogen-bond acceptors (Lipinski definition) is 11. The van der Waals surface area contributed by atoms with Crippen molar-refractivity contribution >= 4 is 29.0 Å². The second kappa shape index (κ2) is 10.9. The fourth-order valence-electron chi connectivity index (χ4n) is 6.85. The van der Waals surface area contributed by atoms with E-state index in [0.29, 0.717) is 17.0 Å². The zero-order valence-corrected chi connectivity index (χ0v) is 27.2. The molecule has 0 amide bonds. The molecule has 0 saturated heterocycles. The molecule has 1 aromatic heterocycles. The van der Waals surface area contributed by atoms with Crippen molar-refractivity contribution in [3.05, 3.63) is 72.0 Å². The summed E-state index contributed by atoms with van der Waals surface area (Å²) in [4.78, 5) is 56.6. The number of allylic oxidation sites excluding steroid dienone is 1. The molecular formula is C32H32ClN3O10. The maximum atomic E-state index is 15.1. The molecule has 6 rings (SSSR count). The quantitative estimate of drug-likeness (QED) is 0.392. The van der Waals surface area contributed by atoms with Crippen molar-refractivity contribution in [3.63, 3.8) is 0 Å². The molecule has 3 atom stereocenters. The summed E-state index contributed by atoms with van der Waals surface area (Å²) in [7, 11) is 10.00. The predicted molar refractivity (Wildman–Crippen MR) is 167 cm³/mol. The molecule has 46 heavy (non-hydrogen) atoms. The maximum absolute atomic E-state index is 15.1. The molecule has 0 fully saturated rings. The Hall–Kier alpha value is -4.91. The number of carbonyl (C=O) groups excluding carboxylic acids is 2. The standard InChI is InChI=1S/C32H32ClN3O10/c1-13-11-15-20(27(37)32(13)28(38)21-17(42-5)12-18(43-6)23(33)26(21)46-32)19(14-9-10-16(41-4)25(45-8)24(14)44-7)22-29(34-15)35(2)31(40)36(3)30(22)39/h9-10,12-13,19,34H,11H2,1-8H3/t13-,19?,32+/m1/s1. The van der Waals surface area contributed by atoms with Crippen LogP contribution in [0.15, 0.2) is 39.1 Å². The van der Waals surface area contributed by atoms with E-state index in [1.807, 2.05) is 0 Å². The van der Waals surface area contributed by atoms with Gasteiger partial charge in [0.25, 0.3) is 5.56 Å². The highest BCUT2D eigenvalue weighted by atomic mass is 35.5. The van der Waals surface area contributed by atoms with Crippen LogP contribution in [0, 0.1) is 5.92 Å². The zero-order valence-electron chi connectivity index (χ0n) is 26.4. The summed E-state index contributed by atoms with van der Waals surface area (Å²) in [5, 5.41) is 3.21. The van der Waals surface area contributed by atoms with E-state index in [1.165, 1.54) is 60.3 Å². The second-order valence-electron chi connectivity index (χ2n) is 11.2. The molecule has 3 heterocycles. The van der Waals surface area contributed by atoms with Gasteiger partial charge in [0.05, 0.1) is 47.0 Å². The van der Waals surface area contributed by atoms with Crippen LogP contribution in [-0.4, -0.2) is 61.9 Å². The first-order valence-electron chi connectivity index (χ1n) is 14.2. The minimum absolute atomic E-state index is 0.0115. The normalized spacial score (nSPS) is 21.2. The van der Waals surface area contributed by atoms with Crippen LogP contribution in [0.1, 0.15) is 40.7 Å². The largest absolute Gasteiger partial charge is 0.496 e. The number of methoxy groups -OCH3 is 5. The number of benzene rings is 2. The van der Waals surface area contributed by atoms with E-state index >= 15 is 4.79 Å². The molecule has 1 N–H and O–H groups in total. The molecule has 1 unspecified atom stereocenters. The van der Waals surface area contributed by atoms with Crippen molar-refractivity contribution in [3.8, 4) is 34.5 Å². The Kier molecular flexibility index (Phi) is 7.34. The third-order valence-corrected chi connectivity index (χ3v) is 9.48. The van der Waals surface area contributed by atoms with E-state index in [1.54, 1.807) is 19.1 Å². The van der Waals surface area contributed by atoms with Crippen LogP contribution in [0.25, 0.3) is 0 Å². The average molecular weight is 654 g/mol. The van der Waals surface area contributed by atoms with Crippen LogP contribution in [0.3, 0.4) is 0 Å². The number of halogens is 1. The number of aromatic nitrogens is 2. The number of ether oxygens (including phenoxy) is 6. The molecule has 242 valence electrons. The highest BCUT2D eigenvalue weighted by Crippen LogP contribution is 2.57. The van der Waals surface area contributed by atoms with E-state index in [0.717, 1.165) is 4.57 Å². The summed E-state index contributed by atoms with van der Waals surface area (Å²) in [6.45, 7) is 1.72. The Labute approximate surface area is 268 Å². The van der Waals surface area contributed by atoms with E-state index in [-0.39, 0.29) is 62.7 Å². The highest BCUT2D eigenvalue weighted by Gasteiger charge is 2.64. The summed E-state index contributed by atoms with van der Waals surface area (Å²) in [6, 6.07) is 4.74. The minimum Gasteiger partial charge on any atom is -0.496 e. The molecule has 1 spiro atoms. The topological polar surface area (TPSA) is 146 Å². The zero-order chi connectivity index (χ0) is 33.4. The first-order chi connectivity index (χ1) is 21.9. The van der Waals surface area contributed by atoms with Crippen LogP contribution in [-0.2, 0) is 18.9 Å². The van der Waals surface area contributed by atoms with Crippen molar-refractivity contribution < 1.29 is 38.0 Å². The Morgan fingerprint density at radius 1 is 0.870 bits per heavy atom. The summed E-state index contributed by atoms with van der Waals surface area (Å²) in [5.74, 6) is -1.90. The molecule has 0 radical (unpaired) electrons. The third-order valence-electron chi connectivity index (χ3n) is 9.12. The Bertz CT molecular complexity index is 2010. The number of carbonyl (C=O) groups is 2. The van der Waals surface area contributed by atoms with Gasteiger partial charge in [0.1, 0.15) is 27.9 Å². The molecule has 2 aromatic carbocycles. The number of rotatable bonds is 6. The molecule has 2 aliphatic heterocycles. The number of ketones is 2. The molecule has 13 nitrogen and oxygen atoms in total. The fraction of sp³-hybridized carbons (Fsp3) is 0.375. The Morgan fingerprint density at radius 3 is 2.13 bits per heavy atom. The molecule has 14 heteroatoms. The van der Waals surface area contributed by atoms with Crippen LogP contribution in [0.2, 0.25) is 5.02 Å². The van der Waals surface area contributed by atoms with Gasteiger partial charge in [0.2, 0.25) is 22.9 Å². The SMILES string of the molecule is COc1cc(OC)c2c(c1Cl)O[C@@]1(C(=O)C3=C(C[C@H]1C)Nc1c(c(=O)n(C)c(=O)n1C)C3c1ccc(OC)c(OC)c1OC)C2=O. The summed E-state index contributed by atoms with van der Waals surface area (Å²) < 4.78 is 36.5. The van der Waals surface area contributed by atoms with Gasteiger partial charge in [-0.25, -0.2) is 4.79 Å². The maximum Gasteiger partial charge on any atom is 0.332 e. The summed E-state index contributed by atoms with van der Waals surface area (Å²) in [5.41, 5.74) is -2.28. The van der Waals surface area contributed by atoms with Gasteiger partial charge in [0, 0.05) is 42.9 Å². The highest BCUT2D eigenvalue weighted by molar-refractivity contribution is 6.36. The summed E-state index contributed by atoms with van der Waals surface area (Å²) >= 11 is 6.64. The first-order valence-corrected chi connectivity index (χ1v) is 14.6. The van der Waals surface area contributed by atoms with Gasteiger partial charge in [-0.2, -0.15) is 0 Å². The molecular weight excluding hydrogens is 622 g/mol. The van der Waals surface area contributed by atoms with Crippen molar-refractivity contribution in [1.29, 1.82) is 0 Å². The fourth-order valence-corrected chi connectivity index (χ4v) is 7.12. The smallest absolute Gasteiger partial charge is 0.332 e. The van der Waals surface area contributed by atoms with Crippen LogP contribution in [0.4, 0.5) is 5.82 Å². The lowest BCUT2D eigenvalue weighted by Crippen LogP contribution is -2.58. The van der Waals surface area contributed by atoms with E-state index < -0.39 is 40.3 Å². The molecule has 1 aliphatic carbocycles. The van der Waals surface area contributed by atoms with Crippen LogP contribution >= 0.6 is 11.6 Å². The molecule has 0 saturated carbocycles. The average Bonchev–Trinajstić information content (AvgIpc) is 3.38. The number of hydrogen-bond donors (Lipinski definition) is 1. The number of nitrogens with one attached hydrogen (secondary N) is 1. The van der Waals surface area contributed by atoms with Crippen LogP contribution < -0.4 is 45.0 Å². The summed E-state index contributed by atoms with van der Waals surface area (Å²) in [6.07, 6.45) is 0.132. The Balaban J connectivity index is 1.67. The van der Waals surface area contributed by atoms with Crippen molar-refractivity contribution in [2.45, 2.75) is 24.9 Å². The van der Waals surface area contributed by atoms with Gasteiger partial charge in [-0.3, -0.25) is 23.5 Å². The van der Waals surface area contributed by atoms with Gasteiger partial charge in [-0.15, -0.1) is 0 Å². The van der Waals surface area contributed by atoms with Gasteiger partial charge >= 0.3 is 5.69 Å². The number of anilines is 1. The predicted octanol–water partition coefficient (Wildman–Crippen LogP) is 3.21. The van der Waals surface area contributed by atoms with E-state index in [4.69, 9.17) is 40.0 Å². The van der Waals surface area contributed by atoms with Gasteiger partial charge < -0.3 is 33.7 Å². The minimum atomic E-state index is -2.06. The van der Waals surface area contributed by atoms with E-state index in [9.17, 15) is 14.4 Å². The van der Waals surface area contributed by atoms with Crippen molar-refractivity contribution in [2.24, 2.45) is 20.0 Å². The lowest BCUT2D eigenvalue weighted by atomic mass is 9.65. The second-order valence-corrected chi connectivity index (χ2v) is 11.6. The third kappa shape index (κ3) is 3.87. The van der Waals surface area contributed by atoms with Gasteiger partial charge in [-0.05, 0) is 12.5 Å². The van der Waals surface area contributed by atoms with Gasteiger partial charge in [0.15, 0.2) is 17.2 Å². The van der Waals surface area contributed by atoms with E-state index in [2.05, 4.69) is 5.32 Å². The molecule has 3 aliphatic rings. The lowest BCUT2D eigenvalue weighted by molar-refractivity contribution is -0.130. The number of fused-ring (bicyclic) bond motifs is 2. The number of nitrogens with zero attached hydrogens (tertiary/aromatic N) is 2. The van der Waals surface area contributed by atoms with Crippen LogP contribution in [0.5, 0.6) is 34.5 Å².